The molecule has 0 aliphatic carbocycles. The fraction of sp³-hybridized carbons (Fsp3) is 0.217. The van der Waals surface area contributed by atoms with E-state index in [9.17, 15) is 14.4 Å². The lowest BCUT2D eigenvalue weighted by Gasteiger charge is -2.35. The number of rotatable bonds is 5. The monoisotopic (exact) mass is 443 g/mol. The van der Waals surface area contributed by atoms with E-state index >= 15 is 0 Å². The Morgan fingerprint density at radius 2 is 1.52 bits per heavy atom. The average molecular weight is 443 g/mol. The van der Waals surface area contributed by atoms with E-state index < -0.39 is 11.8 Å². The minimum atomic E-state index is -0.418. The summed E-state index contributed by atoms with van der Waals surface area (Å²) in [4.78, 5) is 46.5. The first kappa shape index (κ1) is 20.6. The number of imide groups is 1. The molecule has 10 nitrogen and oxygen atoms in total. The van der Waals surface area contributed by atoms with Gasteiger partial charge in [0.05, 0.1) is 11.1 Å². The summed E-state index contributed by atoms with van der Waals surface area (Å²) >= 11 is 0. The molecule has 0 saturated carbocycles. The first-order valence-electron chi connectivity index (χ1n) is 10.6. The topological polar surface area (TPSA) is 112 Å². The minimum absolute atomic E-state index is 0.243. The fourth-order valence-corrected chi connectivity index (χ4v) is 3.95. The molecule has 2 aliphatic rings. The van der Waals surface area contributed by atoms with Crippen LogP contribution in [0.1, 0.15) is 20.7 Å². The highest BCUT2D eigenvalue weighted by atomic mass is 16.2. The highest BCUT2D eigenvalue weighted by molar-refractivity contribution is 6.22. The molecular formula is C23H21N7O3. The molecule has 4 heterocycles. The smallest absolute Gasteiger partial charge is 0.262 e. The molecule has 3 aromatic rings. The van der Waals surface area contributed by atoms with Gasteiger partial charge in [-0.2, -0.15) is 0 Å². The first-order valence-corrected chi connectivity index (χ1v) is 10.6. The van der Waals surface area contributed by atoms with Gasteiger partial charge in [0.1, 0.15) is 6.54 Å². The molecular weight excluding hydrogens is 422 g/mol. The molecule has 1 aromatic carbocycles. The summed E-state index contributed by atoms with van der Waals surface area (Å²) in [7, 11) is 0. The summed E-state index contributed by atoms with van der Waals surface area (Å²) in [6, 6.07) is 14.0. The van der Waals surface area contributed by atoms with Crippen molar-refractivity contribution in [3.05, 3.63) is 72.1 Å². The number of carbonyl (C=O) groups excluding carboxylic acids is 3. The van der Waals surface area contributed by atoms with E-state index in [1.807, 2.05) is 24.3 Å². The summed E-state index contributed by atoms with van der Waals surface area (Å²) in [6.07, 6.45) is 3.39. The van der Waals surface area contributed by atoms with Gasteiger partial charge in [-0.1, -0.05) is 12.1 Å². The number of anilines is 3. The van der Waals surface area contributed by atoms with Crippen LogP contribution >= 0.6 is 0 Å². The molecule has 1 N–H and O–H groups in total. The molecule has 3 amide bonds. The van der Waals surface area contributed by atoms with E-state index in [2.05, 4.69) is 25.4 Å². The molecule has 0 bridgehead atoms. The maximum Gasteiger partial charge on any atom is 0.262 e. The van der Waals surface area contributed by atoms with Crippen LogP contribution in [-0.4, -0.2) is 75.4 Å². The van der Waals surface area contributed by atoms with E-state index in [1.54, 1.807) is 41.6 Å². The number of nitrogens with one attached hydrogen (secondary N) is 1. The van der Waals surface area contributed by atoms with Crippen molar-refractivity contribution < 1.29 is 14.4 Å². The predicted molar refractivity (Wildman–Crippen MR) is 120 cm³/mol. The third kappa shape index (κ3) is 4.10. The SMILES string of the molecule is O=C(CN1C(=O)c2ccccc2C1=O)N1CCN(c2ccc(Nc3ccncc3)nn2)CC1. The zero-order valence-electron chi connectivity index (χ0n) is 17.7. The number of hydrogen-bond acceptors (Lipinski definition) is 8. The van der Waals surface area contributed by atoms with Gasteiger partial charge in [-0.15, -0.1) is 10.2 Å². The second-order valence-electron chi connectivity index (χ2n) is 7.75. The van der Waals surface area contributed by atoms with Crippen molar-refractivity contribution >= 4 is 35.0 Å². The van der Waals surface area contributed by atoms with E-state index in [-0.39, 0.29) is 12.5 Å². The standard InChI is InChI=1S/C23H21N7O3/c31-21(15-30-22(32)17-3-1-2-4-18(17)23(30)33)29-13-11-28(12-14-29)20-6-5-19(26-27-20)25-16-7-9-24-10-8-16/h1-10H,11-15H2,(H,24,25,26). The Labute approximate surface area is 189 Å². The quantitative estimate of drug-likeness (QED) is 0.592. The second-order valence-corrected chi connectivity index (χ2v) is 7.75. The number of hydrogen-bond donors (Lipinski definition) is 1. The Balaban J connectivity index is 1.15. The molecule has 166 valence electrons. The fourth-order valence-electron chi connectivity index (χ4n) is 3.95. The molecule has 2 aliphatic heterocycles. The van der Waals surface area contributed by atoms with Crippen LogP contribution < -0.4 is 10.2 Å². The summed E-state index contributed by atoms with van der Waals surface area (Å²) < 4.78 is 0. The van der Waals surface area contributed by atoms with Crippen LogP contribution in [0.2, 0.25) is 0 Å². The van der Waals surface area contributed by atoms with Crippen molar-refractivity contribution in [2.24, 2.45) is 0 Å². The molecule has 0 atom stereocenters. The van der Waals surface area contributed by atoms with Crippen molar-refractivity contribution in [1.29, 1.82) is 0 Å². The molecule has 33 heavy (non-hydrogen) atoms. The lowest BCUT2D eigenvalue weighted by Crippen LogP contribution is -2.52. The van der Waals surface area contributed by atoms with Gasteiger partial charge in [0.2, 0.25) is 5.91 Å². The number of aromatic nitrogens is 3. The van der Waals surface area contributed by atoms with Crippen molar-refractivity contribution in [2.45, 2.75) is 0 Å². The summed E-state index contributed by atoms with van der Waals surface area (Å²) in [6.45, 7) is 1.86. The highest BCUT2D eigenvalue weighted by Gasteiger charge is 2.37. The summed E-state index contributed by atoms with van der Waals surface area (Å²) in [5, 5.41) is 11.7. The van der Waals surface area contributed by atoms with Crippen LogP contribution in [0.3, 0.4) is 0 Å². The number of amides is 3. The second kappa shape index (κ2) is 8.65. The predicted octanol–water partition coefficient (Wildman–Crippen LogP) is 1.56. The van der Waals surface area contributed by atoms with Crippen molar-refractivity contribution in [1.82, 2.24) is 25.0 Å². The van der Waals surface area contributed by atoms with E-state index in [4.69, 9.17) is 0 Å². The van der Waals surface area contributed by atoms with Gasteiger partial charge in [0.15, 0.2) is 11.6 Å². The van der Waals surface area contributed by atoms with E-state index in [1.165, 1.54) is 0 Å². The molecule has 0 unspecified atom stereocenters. The Morgan fingerprint density at radius 1 is 0.848 bits per heavy atom. The largest absolute Gasteiger partial charge is 0.352 e. The van der Waals surface area contributed by atoms with Gasteiger partial charge in [0, 0.05) is 44.3 Å². The zero-order chi connectivity index (χ0) is 22.8. The maximum atomic E-state index is 12.8. The summed E-state index contributed by atoms with van der Waals surface area (Å²) in [5.41, 5.74) is 1.57. The molecule has 0 radical (unpaired) electrons. The van der Waals surface area contributed by atoms with Gasteiger partial charge >= 0.3 is 0 Å². The van der Waals surface area contributed by atoms with Crippen molar-refractivity contribution in [3.8, 4) is 0 Å². The Kier molecular flexibility index (Phi) is 5.39. The normalized spacial score (nSPS) is 15.6. The molecule has 2 aromatic heterocycles. The molecule has 5 rings (SSSR count). The van der Waals surface area contributed by atoms with Crippen LogP contribution in [-0.2, 0) is 4.79 Å². The van der Waals surface area contributed by atoms with Crippen molar-refractivity contribution in [3.63, 3.8) is 0 Å². The maximum absolute atomic E-state index is 12.8. The Morgan fingerprint density at radius 3 is 2.12 bits per heavy atom. The van der Waals surface area contributed by atoms with Gasteiger partial charge in [0.25, 0.3) is 11.8 Å². The van der Waals surface area contributed by atoms with Gasteiger partial charge in [-0.05, 0) is 36.4 Å². The lowest BCUT2D eigenvalue weighted by molar-refractivity contribution is -0.131. The van der Waals surface area contributed by atoms with Gasteiger partial charge in [-0.3, -0.25) is 24.3 Å². The Bertz CT molecular complexity index is 1160. The third-order valence-electron chi connectivity index (χ3n) is 5.73. The van der Waals surface area contributed by atoms with Crippen molar-refractivity contribution in [2.75, 3.05) is 42.9 Å². The van der Waals surface area contributed by atoms with E-state index in [0.717, 1.165) is 16.4 Å². The third-order valence-corrected chi connectivity index (χ3v) is 5.73. The number of carbonyl (C=O) groups is 3. The number of benzene rings is 1. The van der Waals surface area contributed by atoms with Crippen LogP contribution in [0, 0.1) is 0 Å². The Hall–Kier alpha value is -4.34. The summed E-state index contributed by atoms with van der Waals surface area (Å²) in [5.74, 6) is 0.270. The van der Waals surface area contributed by atoms with Crippen LogP contribution in [0.25, 0.3) is 0 Å². The lowest BCUT2D eigenvalue weighted by atomic mass is 10.1. The van der Waals surface area contributed by atoms with Gasteiger partial charge < -0.3 is 15.1 Å². The molecule has 1 saturated heterocycles. The molecule has 0 spiro atoms. The molecule has 1 fully saturated rings. The minimum Gasteiger partial charge on any atom is -0.352 e. The van der Waals surface area contributed by atoms with Crippen LogP contribution in [0.5, 0.6) is 0 Å². The molecule has 10 heteroatoms. The number of nitrogens with zero attached hydrogens (tertiary/aromatic N) is 6. The number of fused-ring (bicyclic) bond motifs is 1. The van der Waals surface area contributed by atoms with Crippen LogP contribution in [0.4, 0.5) is 17.3 Å². The van der Waals surface area contributed by atoms with E-state index in [0.29, 0.717) is 43.1 Å². The van der Waals surface area contributed by atoms with Gasteiger partial charge in [-0.25, -0.2) is 0 Å². The average Bonchev–Trinajstić information content (AvgIpc) is 3.10. The number of pyridine rings is 1. The number of piperazine rings is 1. The zero-order valence-corrected chi connectivity index (χ0v) is 17.7. The van der Waals surface area contributed by atoms with Crippen LogP contribution in [0.15, 0.2) is 60.9 Å². The highest BCUT2D eigenvalue weighted by Crippen LogP contribution is 2.23. The first-order chi connectivity index (χ1) is 16.1.